The van der Waals surface area contributed by atoms with Gasteiger partial charge in [-0.3, -0.25) is 0 Å². The Balaban J connectivity index is 1.25. The molecule has 5 aromatic rings. The fourth-order valence-corrected chi connectivity index (χ4v) is 4.56. The van der Waals surface area contributed by atoms with E-state index in [2.05, 4.69) is 21.1 Å². The highest BCUT2D eigenvalue weighted by atomic mass is 32.1. The van der Waals surface area contributed by atoms with E-state index in [1.807, 2.05) is 49.4 Å². The van der Waals surface area contributed by atoms with Gasteiger partial charge in [0.2, 0.25) is 0 Å². The lowest BCUT2D eigenvalue weighted by atomic mass is 10.0. The van der Waals surface area contributed by atoms with Gasteiger partial charge in [0, 0.05) is 11.4 Å². The van der Waals surface area contributed by atoms with E-state index in [9.17, 15) is 13.2 Å². The fraction of sp³-hybridized carbons (Fsp3) is 0.111. The number of nitrogens with one attached hydrogen (secondary N) is 1. The van der Waals surface area contributed by atoms with Gasteiger partial charge in [0.15, 0.2) is 5.82 Å². The van der Waals surface area contributed by atoms with Gasteiger partial charge in [-0.2, -0.15) is 0 Å². The number of anilines is 1. The third-order valence-corrected chi connectivity index (χ3v) is 6.27. The van der Waals surface area contributed by atoms with Crippen LogP contribution in [0.1, 0.15) is 10.4 Å². The summed E-state index contributed by atoms with van der Waals surface area (Å²) in [7, 11) is 0. The summed E-state index contributed by atoms with van der Waals surface area (Å²) in [5, 5.41) is 4.36. The number of aromatic nitrogens is 2. The molecule has 0 spiro atoms. The third kappa shape index (κ3) is 5.58. The zero-order valence-electron chi connectivity index (χ0n) is 19.0. The van der Waals surface area contributed by atoms with Gasteiger partial charge in [0.1, 0.15) is 22.7 Å². The van der Waals surface area contributed by atoms with Crippen molar-refractivity contribution in [2.75, 3.05) is 11.9 Å². The smallest absolute Gasteiger partial charge is 0.472 e. The molecule has 5 nitrogen and oxygen atoms in total. The van der Waals surface area contributed by atoms with Crippen molar-refractivity contribution >= 4 is 33.4 Å². The third-order valence-electron chi connectivity index (χ3n) is 5.32. The van der Waals surface area contributed by atoms with Crippen molar-refractivity contribution in [3.63, 3.8) is 0 Å². The topological polar surface area (TPSA) is 60.2 Å². The summed E-state index contributed by atoms with van der Waals surface area (Å²) >= 11 is 1.62. The average molecular weight is 508 g/mol. The summed E-state index contributed by atoms with van der Waals surface area (Å²) in [5.41, 5.74) is 3.51. The van der Waals surface area contributed by atoms with Crippen LogP contribution in [0.3, 0.4) is 0 Å². The van der Waals surface area contributed by atoms with Crippen molar-refractivity contribution < 1.29 is 22.3 Å². The molecule has 0 atom stereocenters. The Kier molecular flexibility index (Phi) is 6.47. The molecule has 5 rings (SSSR count). The molecule has 0 aliphatic heterocycles. The molecule has 2 aromatic carbocycles. The summed E-state index contributed by atoms with van der Waals surface area (Å²) in [6, 6.07) is 17.5. The van der Waals surface area contributed by atoms with E-state index in [-0.39, 0.29) is 5.75 Å². The number of nitrogens with zero attached hydrogens (tertiary/aromatic N) is 2. The lowest BCUT2D eigenvalue weighted by Crippen LogP contribution is -2.16. The number of alkyl halides is 3. The quantitative estimate of drug-likeness (QED) is 0.242. The van der Waals surface area contributed by atoms with Crippen LogP contribution in [0.2, 0.25) is 0 Å². The van der Waals surface area contributed by atoms with Gasteiger partial charge in [0.05, 0.1) is 17.2 Å². The Labute approximate surface area is 208 Å². The average Bonchev–Trinajstić information content (AvgIpc) is 3.51. The zero-order valence-corrected chi connectivity index (χ0v) is 19.9. The largest absolute Gasteiger partial charge is 0.573 e. The van der Waals surface area contributed by atoms with Gasteiger partial charge < -0.3 is 14.5 Å². The maximum atomic E-state index is 12.3. The van der Waals surface area contributed by atoms with Gasteiger partial charge >= 0.3 is 6.36 Å². The van der Waals surface area contributed by atoms with Crippen LogP contribution < -0.4 is 10.1 Å². The van der Waals surface area contributed by atoms with Crippen molar-refractivity contribution in [1.29, 1.82) is 0 Å². The lowest BCUT2D eigenvalue weighted by Gasteiger charge is -2.09. The molecule has 0 amide bonds. The number of ether oxygens (including phenoxy) is 1. The van der Waals surface area contributed by atoms with Crippen LogP contribution in [-0.2, 0) is 0 Å². The van der Waals surface area contributed by atoms with Crippen LogP contribution in [0.5, 0.6) is 5.75 Å². The predicted molar refractivity (Wildman–Crippen MR) is 136 cm³/mol. The summed E-state index contributed by atoms with van der Waals surface area (Å²) in [6.45, 7) is 2.61. The minimum absolute atomic E-state index is 0.242. The summed E-state index contributed by atoms with van der Waals surface area (Å²) in [5.74, 6) is 1.13. The van der Waals surface area contributed by atoms with Gasteiger partial charge in [-0.15, -0.1) is 24.5 Å². The van der Waals surface area contributed by atoms with Crippen molar-refractivity contribution in [1.82, 2.24) is 9.97 Å². The number of hydrogen-bond acceptors (Lipinski definition) is 6. The first-order valence-corrected chi connectivity index (χ1v) is 11.8. The molecule has 3 aromatic heterocycles. The van der Waals surface area contributed by atoms with Gasteiger partial charge in [-0.1, -0.05) is 48.6 Å². The predicted octanol–water partition coefficient (Wildman–Crippen LogP) is 7.95. The molecule has 0 unspecified atom stereocenters. The number of halogens is 3. The number of benzene rings is 2. The maximum Gasteiger partial charge on any atom is 0.573 e. The molecule has 3 heterocycles. The van der Waals surface area contributed by atoms with Crippen LogP contribution in [0, 0.1) is 6.92 Å². The Morgan fingerprint density at radius 1 is 0.972 bits per heavy atom. The number of rotatable bonds is 7. The molecule has 0 aliphatic carbocycles. The van der Waals surface area contributed by atoms with Crippen LogP contribution in [0.4, 0.5) is 19.0 Å². The van der Waals surface area contributed by atoms with Crippen molar-refractivity contribution in [3.8, 4) is 28.3 Å². The van der Waals surface area contributed by atoms with E-state index >= 15 is 0 Å². The van der Waals surface area contributed by atoms with E-state index in [0.717, 1.165) is 43.2 Å². The molecule has 0 aliphatic rings. The summed E-state index contributed by atoms with van der Waals surface area (Å²) < 4.78 is 46.1. The second-order valence-corrected chi connectivity index (χ2v) is 9.20. The second-order valence-electron chi connectivity index (χ2n) is 7.96. The Bertz CT molecular complexity index is 1490. The van der Waals surface area contributed by atoms with Gasteiger partial charge in [-0.05, 0) is 47.9 Å². The Morgan fingerprint density at radius 2 is 1.69 bits per heavy atom. The highest BCUT2D eigenvalue weighted by Gasteiger charge is 2.30. The second kappa shape index (κ2) is 9.87. The van der Waals surface area contributed by atoms with Gasteiger partial charge in [0.25, 0.3) is 0 Å². The maximum absolute atomic E-state index is 12.3. The first-order chi connectivity index (χ1) is 17.3. The monoisotopic (exact) mass is 507 g/mol. The number of aryl methyl sites for hydroxylation is 1. The standard InChI is InChI=1S/C27H20F3N3O2S/c1-17-15-23-25(32-24(33-26(23)36-17)21-12-14-34-16-21)31-13-2-3-18-4-6-19(7-5-18)20-8-10-22(11-9-20)35-27(28,29)30/h2-12,14-16H,13H2,1H3,(H,31,32,33)/b3-2+. The molecule has 0 saturated heterocycles. The number of thiophene rings is 1. The minimum atomic E-state index is -4.70. The molecule has 0 radical (unpaired) electrons. The lowest BCUT2D eigenvalue weighted by molar-refractivity contribution is -0.274. The molecule has 1 N–H and O–H groups in total. The molecule has 0 bridgehead atoms. The molecule has 0 fully saturated rings. The number of hydrogen-bond donors (Lipinski definition) is 1. The van der Waals surface area contributed by atoms with E-state index in [1.165, 1.54) is 12.1 Å². The zero-order chi connectivity index (χ0) is 25.1. The number of fused-ring (bicyclic) bond motifs is 1. The molecule has 182 valence electrons. The van der Waals surface area contributed by atoms with Crippen LogP contribution in [0.25, 0.3) is 38.8 Å². The van der Waals surface area contributed by atoms with E-state index < -0.39 is 6.36 Å². The fourth-order valence-electron chi connectivity index (χ4n) is 3.68. The first kappa shape index (κ1) is 23.6. The molecule has 36 heavy (non-hydrogen) atoms. The highest BCUT2D eigenvalue weighted by molar-refractivity contribution is 7.18. The van der Waals surface area contributed by atoms with Gasteiger partial charge in [-0.25, -0.2) is 9.97 Å². The SMILES string of the molecule is Cc1cc2c(NC/C=C/c3ccc(-c4ccc(OC(F)(F)F)cc4)cc3)nc(-c3ccoc3)nc2s1. The van der Waals surface area contributed by atoms with E-state index in [4.69, 9.17) is 9.40 Å². The highest BCUT2D eigenvalue weighted by Crippen LogP contribution is 2.31. The molecule has 0 saturated carbocycles. The Hall–Kier alpha value is -4.11. The van der Waals surface area contributed by atoms with E-state index in [1.54, 1.807) is 36.0 Å². The van der Waals surface area contributed by atoms with Crippen molar-refractivity contribution in [2.24, 2.45) is 0 Å². The van der Waals surface area contributed by atoms with E-state index in [0.29, 0.717) is 12.4 Å². The summed E-state index contributed by atoms with van der Waals surface area (Å²) in [4.78, 5) is 11.4. The minimum Gasteiger partial charge on any atom is -0.472 e. The van der Waals surface area contributed by atoms with Crippen molar-refractivity contribution in [2.45, 2.75) is 13.3 Å². The first-order valence-electron chi connectivity index (χ1n) is 11.0. The Morgan fingerprint density at radius 3 is 2.36 bits per heavy atom. The van der Waals surface area contributed by atoms with Crippen molar-refractivity contribution in [3.05, 3.63) is 89.7 Å². The van der Waals surface area contributed by atoms with Crippen LogP contribution >= 0.6 is 11.3 Å². The normalized spacial score (nSPS) is 11.9. The molecule has 9 heteroatoms. The van der Waals surface area contributed by atoms with Crippen LogP contribution in [-0.4, -0.2) is 22.9 Å². The number of furan rings is 1. The summed E-state index contributed by atoms with van der Waals surface area (Å²) in [6.07, 6.45) is 2.52. The molecular formula is C27H20F3N3O2S. The van der Waals surface area contributed by atoms with Crippen LogP contribution in [0.15, 0.2) is 83.7 Å². The molecular weight excluding hydrogens is 487 g/mol.